The van der Waals surface area contributed by atoms with Crippen LogP contribution in [0.15, 0.2) is 46.9 Å². The van der Waals surface area contributed by atoms with Gasteiger partial charge in [-0.05, 0) is 42.3 Å². The van der Waals surface area contributed by atoms with Gasteiger partial charge in [0.25, 0.3) is 5.91 Å². The summed E-state index contributed by atoms with van der Waals surface area (Å²) in [6.07, 6.45) is 2.09. The first-order valence-corrected chi connectivity index (χ1v) is 7.25. The Morgan fingerprint density at radius 2 is 1.90 bits per heavy atom. The summed E-state index contributed by atoms with van der Waals surface area (Å²) in [4.78, 5) is 12.0. The quantitative estimate of drug-likeness (QED) is 0.854. The highest BCUT2D eigenvalue weighted by Crippen LogP contribution is 2.18. The van der Waals surface area contributed by atoms with Crippen molar-refractivity contribution in [3.63, 3.8) is 0 Å². The van der Waals surface area contributed by atoms with Gasteiger partial charge in [0.05, 0.1) is 5.56 Å². The van der Waals surface area contributed by atoms with E-state index in [-0.39, 0.29) is 5.56 Å². The van der Waals surface area contributed by atoms with E-state index in [0.29, 0.717) is 10.2 Å². The van der Waals surface area contributed by atoms with E-state index in [1.165, 1.54) is 17.7 Å². The van der Waals surface area contributed by atoms with Crippen LogP contribution in [0.1, 0.15) is 29.3 Å². The van der Waals surface area contributed by atoms with Gasteiger partial charge < -0.3 is 5.32 Å². The molecule has 4 heteroatoms. The van der Waals surface area contributed by atoms with Crippen LogP contribution in [0, 0.1) is 5.82 Å². The van der Waals surface area contributed by atoms with E-state index >= 15 is 0 Å². The number of carbonyl (C=O) groups is 1. The summed E-state index contributed by atoms with van der Waals surface area (Å²) < 4.78 is 14.3. The first-order valence-electron chi connectivity index (χ1n) is 6.45. The van der Waals surface area contributed by atoms with Gasteiger partial charge in [-0.3, -0.25) is 4.79 Å². The fourth-order valence-corrected chi connectivity index (χ4v) is 2.27. The van der Waals surface area contributed by atoms with E-state index in [1.807, 2.05) is 24.3 Å². The smallest absolute Gasteiger partial charge is 0.258 e. The third-order valence-electron chi connectivity index (χ3n) is 2.92. The molecule has 2 aromatic rings. The molecule has 0 spiro atoms. The number of benzene rings is 2. The number of amides is 1. The van der Waals surface area contributed by atoms with Gasteiger partial charge in [0.2, 0.25) is 0 Å². The minimum atomic E-state index is -0.534. The zero-order valence-corrected chi connectivity index (χ0v) is 12.7. The Bertz CT molecular complexity index is 610. The standard InChI is InChI=1S/C16H15BrFNO/c1-2-3-11-4-7-13(8-5-11)19-16(20)14-10-12(17)6-9-15(14)18/h4-10H,2-3H2,1H3,(H,19,20). The van der Waals surface area contributed by atoms with Crippen molar-refractivity contribution in [3.8, 4) is 0 Å². The molecule has 2 nitrogen and oxygen atoms in total. The first-order chi connectivity index (χ1) is 9.60. The maximum Gasteiger partial charge on any atom is 0.258 e. The summed E-state index contributed by atoms with van der Waals surface area (Å²) in [6.45, 7) is 2.12. The molecule has 0 unspecified atom stereocenters. The molecule has 20 heavy (non-hydrogen) atoms. The fourth-order valence-electron chi connectivity index (χ4n) is 1.91. The third-order valence-corrected chi connectivity index (χ3v) is 3.42. The number of aryl methyl sites for hydroxylation is 1. The van der Waals surface area contributed by atoms with E-state index in [1.54, 1.807) is 6.07 Å². The Hall–Kier alpha value is -1.68. The minimum Gasteiger partial charge on any atom is -0.322 e. The van der Waals surface area contributed by atoms with Crippen LogP contribution in [0.2, 0.25) is 0 Å². The van der Waals surface area contributed by atoms with E-state index in [0.717, 1.165) is 12.8 Å². The molecule has 0 heterocycles. The van der Waals surface area contributed by atoms with Crippen molar-refractivity contribution in [2.75, 3.05) is 5.32 Å². The van der Waals surface area contributed by atoms with Gasteiger partial charge in [0.1, 0.15) is 5.82 Å². The highest BCUT2D eigenvalue weighted by Gasteiger charge is 2.12. The monoisotopic (exact) mass is 335 g/mol. The minimum absolute atomic E-state index is 0.0250. The molecule has 0 atom stereocenters. The van der Waals surface area contributed by atoms with Crippen molar-refractivity contribution in [1.82, 2.24) is 0 Å². The van der Waals surface area contributed by atoms with Gasteiger partial charge in [-0.25, -0.2) is 4.39 Å². The zero-order chi connectivity index (χ0) is 14.5. The number of nitrogens with one attached hydrogen (secondary N) is 1. The average Bonchev–Trinajstić information content (AvgIpc) is 2.44. The van der Waals surface area contributed by atoms with Gasteiger partial charge >= 0.3 is 0 Å². The molecule has 1 N–H and O–H groups in total. The normalized spacial score (nSPS) is 10.3. The molecule has 104 valence electrons. The lowest BCUT2D eigenvalue weighted by Gasteiger charge is -2.07. The largest absolute Gasteiger partial charge is 0.322 e. The molecular weight excluding hydrogens is 321 g/mol. The molecule has 1 amide bonds. The third kappa shape index (κ3) is 3.67. The van der Waals surface area contributed by atoms with Crippen LogP contribution in [-0.2, 0) is 6.42 Å². The van der Waals surface area contributed by atoms with E-state index in [4.69, 9.17) is 0 Å². The van der Waals surface area contributed by atoms with Gasteiger partial charge in [0, 0.05) is 10.2 Å². The zero-order valence-electron chi connectivity index (χ0n) is 11.1. The summed E-state index contributed by atoms with van der Waals surface area (Å²) in [5.41, 5.74) is 1.91. The molecule has 0 bridgehead atoms. The van der Waals surface area contributed by atoms with Crippen molar-refractivity contribution in [2.24, 2.45) is 0 Å². The van der Waals surface area contributed by atoms with Crippen LogP contribution in [0.25, 0.3) is 0 Å². The lowest BCUT2D eigenvalue weighted by atomic mass is 10.1. The molecule has 0 aliphatic heterocycles. The molecule has 0 radical (unpaired) electrons. The van der Waals surface area contributed by atoms with Crippen LogP contribution < -0.4 is 5.32 Å². The lowest BCUT2D eigenvalue weighted by Crippen LogP contribution is -2.13. The van der Waals surface area contributed by atoms with Crippen LogP contribution in [-0.4, -0.2) is 5.91 Å². The Balaban J connectivity index is 2.13. The predicted octanol–water partition coefficient (Wildman–Crippen LogP) is 4.79. The van der Waals surface area contributed by atoms with Gasteiger partial charge in [-0.1, -0.05) is 41.4 Å². The second kappa shape index (κ2) is 6.66. The van der Waals surface area contributed by atoms with E-state index in [2.05, 4.69) is 28.2 Å². The molecule has 2 aromatic carbocycles. The lowest BCUT2D eigenvalue weighted by molar-refractivity contribution is 0.102. The highest BCUT2D eigenvalue weighted by molar-refractivity contribution is 9.10. The maximum absolute atomic E-state index is 13.6. The highest BCUT2D eigenvalue weighted by atomic mass is 79.9. The Kier molecular flexibility index (Phi) is 4.90. The van der Waals surface area contributed by atoms with E-state index < -0.39 is 11.7 Å². The maximum atomic E-state index is 13.6. The molecule has 0 aliphatic carbocycles. The van der Waals surface area contributed by atoms with Crippen molar-refractivity contribution < 1.29 is 9.18 Å². The van der Waals surface area contributed by atoms with E-state index in [9.17, 15) is 9.18 Å². The molecule has 0 aliphatic rings. The van der Waals surface area contributed by atoms with Gasteiger partial charge in [-0.2, -0.15) is 0 Å². The summed E-state index contributed by atoms with van der Waals surface area (Å²) in [7, 11) is 0. The van der Waals surface area contributed by atoms with Crippen molar-refractivity contribution in [1.29, 1.82) is 0 Å². The van der Waals surface area contributed by atoms with Gasteiger partial charge in [-0.15, -0.1) is 0 Å². The van der Waals surface area contributed by atoms with Crippen LogP contribution in [0.4, 0.5) is 10.1 Å². The molecule has 0 saturated carbocycles. The molecular formula is C16H15BrFNO. The average molecular weight is 336 g/mol. The summed E-state index contributed by atoms with van der Waals surface area (Å²) in [5, 5.41) is 2.70. The SMILES string of the molecule is CCCc1ccc(NC(=O)c2cc(Br)ccc2F)cc1. The van der Waals surface area contributed by atoms with Crippen LogP contribution in [0.3, 0.4) is 0 Å². The molecule has 0 fully saturated rings. The van der Waals surface area contributed by atoms with Crippen LogP contribution in [0.5, 0.6) is 0 Å². The Labute approximate surface area is 126 Å². The Morgan fingerprint density at radius 3 is 2.55 bits per heavy atom. The number of hydrogen-bond donors (Lipinski definition) is 1. The second-order valence-corrected chi connectivity index (χ2v) is 5.44. The number of anilines is 1. The predicted molar refractivity (Wildman–Crippen MR) is 82.5 cm³/mol. The van der Waals surface area contributed by atoms with Gasteiger partial charge in [0.15, 0.2) is 0 Å². The Morgan fingerprint density at radius 1 is 1.20 bits per heavy atom. The first kappa shape index (κ1) is 14.7. The molecule has 2 rings (SSSR count). The fraction of sp³-hybridized carbons (Fsp3) is 0.188. The van der Waals surface area contributed by atoms with Crippen LogP contribution >= 0.6 is 15.9 Å². The number of carbonyl (C=O) groups excluding carboxylic acids is 1. The summed E-state index contributed by atoms with van der Waals surface area (Å²) in [5.74, 6) is -0.986. The number of rotatable bonds is 4. The summed E-state index contributed by atoms with van der Waals surface area (Å²) >= 11 is 3.23. The van der Waals surface area contributed by atoms with Crippen molar-refractivity contribution in [2.45, 2.75) is 19.8 Å². The molecule has 0 aromatic heterocycles. The number of hydrogen-bond acceptors (Lipinski definition) is 1. The summed E-state index contributed by atoms with van der Waals surface area (Å²) in [6, 6.07) is 11.9. The topological polar surface area (TPSA) is 29.1 Å². The van der Waals surface area contributed by atoms with Crippen molar-refractivity contribution in [3.05, 3.63) is 63.9 Å². The van der Waals surface area contributed by atoms with Crippen molar-refractivity contribution >= 4 is 27.5 Å². The molecule has 0 saturated heterocycles. The number of halogens is 2. The second-order valence-electron chi connectivity index (χ2n) is 4.53.